The normalized spacial score (nSPS) is 18.4. The van der Waals surface area contributed by atoms with Gasteiger partial charge in [-0.1, -0.05) is 178 Å². The van der Waals surface area contributed by atoms with E-state index in [1.54, 1.807) is 0 Å². The molecule has 0 fully saturated rings. The fourth-order valence-corrected chi connectivity index (χ4v) is 10.7. The van der Waals surface area contributed by atoms with E-state index in [0.717, 1.165) is 46.9 Å². The molecule has 7 aromatic rings. The number of ether oxygens (including phenoxy) is 2. The summed E-state index contributed by atoms with van der Waals surface area (Å²) < 4.78 is 14.0. The molecule has 0 aromatic heterocycles. The molecule has 2 nitrogen and oxygen atoms in total. The van der Waals surface area contributed by atoms with Gasteiger partial charge in [-0.15, -0.1) is 0 Å². The largest absolute Gasteiger partial charge is 0.458 e. The molecule has 0 saturated carbocycles. The number of fused-ring (bicyclic) bond motifs is 7. The zero-order valence-corrected chi connectivity index (χ0v) is 33.9. The Morgan fingerprint density at radius 1 is 0.550 bits per heavy atom. The Bertz CT molecular complexity index is 3080. The maximum absolute atomic E-state index is 7.13. The van der Waals surface area contributed by atoms with Crippen LogP contribution in [0.5, 0.6) is 23.0 Å². The third-order valence-corrected chi connectivity index (χ3v) is 13.7. The average molecular weight is 771 g/mol. The van der Waals surface area contributed by atoms with Crippen molar-refractivity contribution < 1.29 is 9.47 Å². The van der Waals surface area contributed by atoms with Gasteiger partial charge in [-0.05, 0) is 114 Å². The summed E-state index contributed by atoms with van der Waals surface area (Å²) in [6, 6.07) is 48.8. The highest BCUT2D eigenvalue weighted by Gasteiger charge is 2.41. The quantitative estimate of drug-likeness (QED) is 0.128. The van der Waals surface area contributed by atoms with Crippen molar-refractivity contribution in [3.63, 3.8) is 0 Å². The minimum absolute atomic E-state index is 0.00339. The molecule has 5 aliphatic rings. The van der Waals surface area contributed by atoms with Crippen LogP contribution in [0.4, 0.5) is 0 Å². The van der Waals surface area contributed by atoms with Crippen LogP contribution in [0.1, 0.15) is 49.3 Å². The molecule has 7 aromatic carbocycles. The first-order valence-electron chi connectivity index (χ1n) is 21.4. The van der Waals surface area contributed by atoms with Crippen LogP contribution in [-0.2, 0) is 5.41 Å². The third kappa shape index (κ3) is 5.35. The lowest BCUT2D eigenvalue weighted by molar-refractivity contribution is 0.463. The minimum atomic E-state index is -0.161. The van der Waals surface area contributed by atoms with Crippen molar-refractivity contribution in [1.82, 2.24) is 0 Å². The van der Waals surface area contributed by atoms with E-state index in [-0.39, 0.29) is 24.0 Å². The molecule has 0 spiro atoms. The highest BCUT2D eigenvalue weighted by molar-refractivity contribution is 6.98. The summed E-state index contributed by atoms with van der Waals surface area (Å²) >= 11 is 0. The first kappa shape index (κ1) is 35.1. The molecule has 3 heteroatoms. The molecule has 2 aliphatic heterocycles. The highest BCUT2D eigenvalue weighted by atomic mass is 16.5. The van der Waals surface area contributed by atoms with Gasteiger partial charge in [0.05, 0.1) is 0 Å². The summed E-state index contributed by atoms with van der Waals surface area (Å²) in [6.45, 7) is 4.65. The number of hydrogen-bond donors (Lipinski definition) is 0. The van der Waals surface area contributed by atoms with Crippen molar-refractivity contribution in [2.24, 2.45) is 5.92 Å². The number of rotatable bonds is 5. The monoisotopic (exact) mass is 770 g/mol. The Morgan fingerprint density at radius 3 is 1.95 bits per heavy atom. The van der Waals surface area contributed by atoms with Crippen molar-refractivity contribution in [2.45, 2.75) is 38.0 Å². The van der Waals surface area contributed by atoms with Gasteiger partial charge in [0.1, 0.15) is 23.0 Å². The summed E-state index contributed by atoms with van der Waals surface area (Å²) in [7, 11) is 0. The average Bonchev–Trinajstić information content (AvgIpc) is 3.30. The molecule has 0 saturated heterocycles. The first-order chi connectivity index (χ1) is 29.5. The zero-order chi connectivity index (χ0) is 40.0. The van der Waals surface area contributed by atoms with E-state index >= 15 is 0 Å². The predicted octanol–water partition coefficient (Wildman–Crippen LogP) is 12.8. The summed E-state index contributed by atoms with van der Waals surface area (Å²) in [5, 5.41) is 4.88. The van der Waals surface area contributed by atoms with Gasteiger partial charge in [0.2, 0.25) is 0 Å². The van der Waals surface area contributed by atoms with Crippen molar-refractivity contribution in [1.29, 1.82) is 0 Å². The topological polar surface area (TPSA) is 18.5 Å². The molecule has 60 heavy (non-hydrogen) atoms. The van der Waals surface area contributed by atoms with Gasteiger partial charge < -0.3 is 9.47 Å². The Labute approximate surface area is 352 Å². The molecule has 0 radical (unpaired) electrons. The molecule has 2 atom stereocenters. The molecule has 12 rings (SSSR count). The maximum atomic E-state index is 7.13. The summed E-state index contributed by atoms with van der Waals surface area (Å²) in [5.41, 5.74) is 13.4. The van der Waals surface area contributed by atoms with E-state index in [2.05, 4.69) is 202 Å². The molecular weight excluding hydrogens is 727 g/mol. The van der Waals surface area contributed by atoms with Crippen molar-refractivity contribution in [2.75, 3.05) is 0 Å². The van der Waals surface area contributed by atoms with E-state index in [4.69, 9.17) is 9.47 Å². The maximum Gasteiger partial charge on any atom is 0.260 e. The van der Waals surface area contributed by atoms with Crippen LogP contribution in [0.3, 0.4) is 0 Å². The van der Waals surface area contributed by atoms with E-state index < -0.39 is 0 Å². The van der Waals surface area contributed by atoms with Gasteiger partial charge in [0, 0.05) is 22.7 Å². The van der Waals surface area contributed by atoms with Crippen LogP contribution in [0.25, 0.3) is 38.2 Å². The van der Waals surface area contributed by atoms with Crippen molar-refractivity contribution >= 4 is 50.2 Å². The number of para-hydroxylation sites is 1. The second-order valence-electron chi connectivity index (χ2n) is 17.4. The second kappa shape index (κ2) is 13.6. The van der Waals surface area contributed by atoms with Gasteiger partial charge in [-0.3, -0.25) is 0 Å². The minimum Gasteiger partial charge on any atom is -0.458 e. The molecule has 2 unspecified atom stereocenters. The molecular formula is C57H43BO2. The fourth-order valence-electron chi connectivity index (χ4n) is 10.7. The Hall–Kier alpha value is -6.84. The summed E-state index contributed by atoms with van der Waals surface area (Å²) in [4.78, 5) is 0. The van der Waals surface area contributed by atoms with Crippen LogP contribution >= 0.6 is 0 Å². The van der Waals surface area contributed by atoms with Crippen LogP contribution in [0, 0.1) is 5.92 Å². The summed E-state index contributed by atoms with van der Waals surface area (Å²) in [5.74, 6) is 4.04. The van der Waals surface area contributed by atoms with Gasteiger partial charge >= 0.3 is 0 Å². The second-order valence-corrected chi connectivity index (χ2v) is 17.4. The molecule has 2 heterocycles. The van der Waals surface area contributed by atoms with E-state index in [1.165, 1.54) is 71.4 Å². The van der Waals surface area contributed by atoms with Crippen LogP contribution < -0.4 is 25.9 Å². The Balaban J connectivity index is 1.06. The number of allylic oxidation sites excluding steroid dienone is 12. The Kier molecular flexibility index (Phi) is 7.97. The molecule has 0 N–H and O–H groups in total. The molecule has 0 amide bonds. The lowest BCUT2D eigenvalue weighted by Gasteiger charge is -2.35. The van der Waals surface area contributed by atoms with E-state index in [0.29, 0.717) is 0 Å². The Morgan fingerprint density at radius 2 is 1.22 bits per heavy atom. The number of hydrogen-bond acceptors (Lipinski definition) is 2. The smallest absolute Gasteiger partial charge is 0.260 e. The van der Waals surface area contributed by atoms with Crippen molar-refractivity contribution in [3.8, 4) is 34.1 Å². The van der Waals surface area contributed by atoms with Gasteiger partial charge in [-0.25, -0.2) is 0 Å². The van der Waals surface area contributed by atoms with Gasteiger partial charge in [0.15, 0.2) is 0 Å². The molecule has 0 bridgehead atoms. The predicted molar refractivity (Wildman–Crippen MR) is 251 cm³/mol. The summed E-state index contributed by atoms with van der Waals surface area (Å²) in [6.07, 6.45) is 23.1. The van der Waals surface area contributed by atoms with E-state index in [9.17, 15) is 0 Å². The van der Waals surface area contributed by atoms with Crippen LogP contribution in [0.15, 0.2) is 199 Å². The highest BCUT2D eigenvalue weighted by Crippen LogP contribution is 2.50. The lowest BCUT2D eigenvalue weighted by Crippen LogP contribution is -2.57. The zero-order valence-electron chi connectivity index (χ0n) is 33.9. The third-order valence-electron chi connectivity index (χ3n) is 13.7. The standard InChI is InChI=1S/C57H43BO2/c1-57(2,38-19-7-4-8-20-38)39-29-32-49-51(35-39)60-53-34-37(33-52-56(53)58(49)48-27-15-16-28-50(48)59-52)54-43-23-11-13-25-45(43)55(46-26-14-12-24-44(46)54)47-31-30-40(36-17-5-3-6-18-36)41-21-9-10-22-42(41)47/h3,5-7,9-35,40-41H,4,8H2,1-2H3. The van der Waals surface area contributed by atoms with Crippen LogP contribution in [0.2, 0.25) is 0 Å². The SMILES string of the molecule is CC(C)(C1=CCCC=C1)c1ccc2c(c1)Oc1cc(-c3c4ccccc4c(C4=C5C=CC=CC5C(c5ccccc5)C=C4)c4ccccc34)cc3c1B2c1ccccc1O3. The van der Waals surface area contributed by atoms with Crippen molar-refractivity contribution in [3.05, 3.63) is 216 Å². The molecule has 3 aliphatic carbocycles. The van der Waals surface area contributed by atoms with Crippen LogP contribution in [-0.4, -0.2) is 6.71 Å². The van der Waals surface area contributed by atoms with E-state index in [1.807, 2.05) is 0 Å². The fraction of sp³-hybridized carbons (Fsp3) is 0.123. The van der Waals surface area contributed by atoms with Gasteiger partial charge in [0.25, 0.3) is 6.71 Å². The molecule has 286 valence electrons. The van der Waals surface area contributed by atoms with Gasteiger partial charge in [-0.2, -0.15) is 0 Å². The lowest BCUT2D eigenvalue weighted by atomic mass is 9.34. The number of benzene rings is 7. The first-order valence-corrected chi connectivity index (χ1v) is 21.4.